The number of nitrogens with one attached hydrogen (secondary N) is 1. The first-order valence-corrected chi connectivity index (χ1v) is 7.56. The number of benzene rings is 1. The molecular formula is C17H17F2N3O. The molecule has 1 amide bonds. The zero-order valence-electron chi connectivity index (χ0n) is 12.7. The molecule has 1 heterocycles. The van der Waals surface area contributed by atoms with Gasteiger partial charge in [0.15, 0.2) is 17.5 Å². The number of hydrogen-bond donors (Lipinski definition) is 1. The van der Waals surface area contributed by atoms with Crippen molar-refractivity contribution in [2.75, 3.05) is 0 Å². The van der Waals surface area contributed by atoms with Gasteiger partial charge < -0.3 is 5.32 Å². The molecular weight excluding hydrogens is 300 g/mol. The third-order valence-electron chi connectivity index (χ3n) is 3.85. The largest absolute Gasteiger partial charge is 0.346 e. The lowest BCUT2D eigenvalue weighted by atomic mass is 10.1. The molecule has 23 heavy (non-hydrogen) atoms. The van der Waals surface area contributed by atoms with E-state index in [9.17, 15) is 13.6 Å². The van der Waals surface area contributed by atoms with Crippen molar-refractivity contribution in [3.8, 4) is 0 Å². The summed E-state index contributed by atoms with van der Waals surface area (Å²) in [4.78, 5) is 20.9. The lowest BCUT2D eigenvalue weighted by Crippen LogP contribution is -2.32. The Labute approximate surface area is 133 Å². The monoisotopic (exact) mass is 317 g/mol. The van der Waals surface area contributed by atoms with E-state index in [1.165, 1.54) is 6.07 Å². The van der Waals surface area contributed by atoms with Crippen LogP contribution in [0.2, 0.25) is 0 Å². The van der Waals surface area contributed by atoms with Crippen LogP contribution in [0.5, 0.6) is 0 Å². The van der Waals surface area contributed by atoms with E-state index in [0.29, 0.717) is 17.3 Å². The van der Waals surface area contributed by atoms with Crippen LogP contribution in [0.25, 0.3) is 0 Å². The van der Waals surface area contributed by atoms with E-state index < -0.39 is 11.6 Å². The van der Waals surface area contributed by atoms with E-state index >= 15 is 0 Å². The molecule has 1 aromatic heterocycles. The van der Waals surface area contributed by atoms with Gasteiger partial charge in [0.05, 0.1) is 12.5 Å². The second-order valence-electron chi connectivity index (χ2n) is 5.86. The molecule has 1 N–H and O–H groups in total. The van der Waals surface area contributed by atoms with Crippen LogP contribution in [0.3, 0.4) is 0 Å². The summed E-state index contributed by atoms with van der Waals surface area (Å²) in [6.07, 6.45) is 3.71. The highest BCUT2D eigenvalue weighted by Gasteiger charge is 2.35. The van der Waals surface area contributed by atoms with E-state index in [0.717, 1.165) is 30.7 Å². The predicted molar refractivity (Wildman–Crippen MR) is 80.4 cm³/mol. The highest BCUT2D eigenvalue weighted by molar-refractivity contribution is 5.79. The minimum absolute atomic E-state index is 0.00770. The van der Waals surface area contributed by atoms with E-state index in [2.05, 4.69) is 15.3 Å². The lowest BCUT2D eigenvalue weighted by Gasteiger charge is -2.17. The summed E-state index contributed by atoms with van der Waals surface area (Å²) in [5.74, 6) is -1.18. The Morgan fingerprint density at radius 2 is 2.09 bits per heavy atom. The fraction of sp³-hybridized carbons (Fsp3) is 0.353. The van der Waals surface area contributed by atoms with Crippen molar-refractivity contribution in [1.29, 1.82) is 0 Å². The molecule has 3 rings (SSSR count). The smallest absolute Gasteiger partial charge is 0.225 e. The Morgan fingerprint density at radius 3 is 2.74 bits per heavy atom. The minimum atomic E-state index is -0.948. The molecule has 1 aliphatic rings. The van der Waals surface area contributed by atoms with Crippen LogP contribution in [-0.2, 0) is 11.2 Å². The summed E-state index contributed by atoms with van der Waals surface area (Å²) < 4.78 is 26.1. The average molecular weight is 317 g/mol. The number of hydrogen-bond acceptors (Lipinski definition) is 3. The molecule has 6 heteroatoms. The standard InChI is InChI=1S/C17H17F2N3O/c1-10-6-7-20-17(21-10)16(12-3-4-12)22-15(23)9-11-2-5-13(18)14(19)8-11/h2,5-8,12,16H,3-4,9H2,1H3,(H,22,23)/t16-/m0/s1. The summed E-state index contributed by atoms with van der Waals surface area (Å²) in [5.41, 5.74) is 1.27. The Kier molecular flexibility index (Phi) is 4.32. The highest BCUT2D eigenvalue weighted by Crippen LogP contribution is 2.39. The molecule has 0 spiro atoms. The summed E-state index contributed by atoms with van der Waals surface area (Å²) in [6, 6.07) is 5.06. The van der Waals surface area contributed by atoms with Gasteiger partial charge in [-0.2, -0.15) is 0 Å². The normalized spacial score (nSPS) is 15.3. The third-order valence-corrected chi connectivity index (χ3v) is 3.85. The number of amides is 1. The van der Waals surface area contributed by atoms with E-state index in [-0.39, 0.29) is 18.4 Å². The minimum Gasteiger partial charge on any atom is -0.346 e. The first kappa shape index (κ1) is 15.5. The van der Waals surface area contributed by atoms with Crippen LogP contribution in [0.1, 0.15) is 36.0 Å². The van der Waals surface area contributed by atoms with Gasteiger partial charge in [0.2, 0.25) is 5.91 Å². The number of aryl methyl sites for hydroxylation is 1. The third kappa shape index (κ3) is 3.88. The molecule has 0 aliphatic heterocycles. The van der Waals surface area contributed by atoms with E-state index in [1.807, 2.05) is 6.92 Å². The van der Waals surface area contributed by atoms with Gasteiger partial charge in [-0.1, -0.05) is 6.07 Å². The van der Waals surface area contributed by atoms with Gasteiger partial charge in [-0.3, -0.25) is 4.79 Å². The van der Waals surface area contributed by atoms with Gasteiger partial charge in [-0.05, 0) is 49.4 Å². The maximum atomic E-state index is 13.2. The lowest BCUT2D eigenvalue weighted by molar-refractivity contribution is -0.121. The fourth-order valence-electron chi connectivity index (χ4n) is 2.50. The molecule has 2 aromatic rings. The van der Waals surface area contributed by atoms with Crippen molar-refractivity contribution in [1.82, 2.24) is 15.3 Å². The zero-order chi connectivity index (χ0) is 16.4. The van der Waals surface area contributed by atoms with Gasteiger partial charge >= 0.3 is 0 Å². The van der Waals surface area contributed by atoms with Gasteiger partial charge in [0, 0.05) is 11.9 Å². The summed E-state index contributed by atoms with van der Waals surface area (Å²) in [5, 5.41) is 2.92. The molecule has 1 fully saturated rings. The second-order valence-corrected chi connectivity index (χ2v) is 5.86. The number of aromatic nitrogens is 2. The van der Waals surface area contributed by atoms with Crippen molar-refractivity contribution >= 4 is 5.91 Å². The molecule has 120 valence electrons. The predicted octanol–water partition coefficient (Wildman–Crippen LogP) is 2.87. The molecule has 1 aromatic carbocycles. The Morgan fingerprint density at radius 1 is 1.30 bits per heavy atom. The number of rotatable bonds is 5. The van der Waals surface area contributed by atoms with E-state index in [4.69, 9.17) is 0 Å². The molecule has 0 radical (unpaired) electrons. The SMILES string of the molecule is Cc1ccnc([C@@H](NC(=O)Cc2ccc(F)c(F)c2)C2CC2)n1. The second kappa shape index (κ2) is 6.40. The van der Waals surface area contributed by atoms with E-state index in [1.54, 1.807) is 12.3 Å². The number of nitrogens with zero attached hydrogens (tertiary/aromatic N) is 2. The fourth-order valence-corrected chi connectivity index (χ4v) is 2.50. The highest BCUT2D eigenvalue weighted by atomic mass is 19.2. The summed E-state index contributed by atoms with van der Waals surface area (Å²) in [6.45, 7) is 1.87. The molecule has 0 unspecified atom stereocenters. The molecule has 4 nitrogen and oxygen atoms in total. The summed E-state index contributed by atoms with van der Waals surface area (Å²) in [7, 11) is 0. The quantitative estimate of drug-likeness (QED) is 0.922. The van der Waals surface area contributed by atoms with Crippen LogP contribution in [0, 0.1) is 24.5 Å². The van der Waals surface area contributed by atoms with Crippen molar-refractivity contribution in [2.45, 2.75) is 32.2 Å². The first-order valence-electron chi connectivity index (χ1n) is 7.56. The van der Waals surface area contributed by atoms with Crippen molar-refractivity contribution in [3.05, 3.63) is 59.2 Å². The molecule has 1 atom stereocenters. The average Bonchev–Trinajstić information content (AvgIpc) is 3.33. The van der Waals surface area contributed by atoms with Gasteiger partial charge in [-0.15, -0.1) is 0 Å². The summed E-state index contributed by atoms with van der Waals surface area (Å²) >= 11 is 0. The van der Waals surface area contributed by atoms with Gasteiger partial charge in [0.1, 0.15) is 0 Å². The Hall–Kier alpha value is -2.37. The maximum absolute atomic E-state index is 13.2. The molecule has 0 saturated heterocycles. The number of carbonyl (C=O) groups excluding carboxylic acids is 1. The zero-order valence-corrected chi connectivity index (χ0v) is 12.7. The van der Waals surface area contributed by atoms with Crippen molar-refractivity contribution < 1.29 is 13.6 Å². The van der Waals surface area contributed by atoms with Crippen LogP contribution in [0.4, 0.5) is 8.78 Å². The van der Waals surface area contributed by atoms with Gasteiger partial charge in [-0.25, -0.2) is 18.7 Å². The van der Waals surface area contributed by atoms with Gasteiger partial charge in [0.25, 0.3) is 0 Å². The number of carbonyl (C=O) groups is 1. The Bertz CT molecular complexity index is 732. The first-order chi connectivity index (χ1) is 11.0. The van der Waals surface area contributed by atoms with Crippen molar-refractivity contribution in [2.24, 2.45) is 5.92 Å². The number of halogens is 2. The van der Waals surface area contributed by atoms with Crippen LogP contribution in [-0.4, -0.2) is 15.9 Å². The molecule has 0 bridgehead atoms. The Balaban J connectivity index is 1.70. The topological polar surface area (TPSA) is 54.9 Å². The van der Waals surface area contributed by atoms with Crippen molar-refractivity contribution in [3.63, 3.8) is 0 Å². The molecule has 1 aliphatic carbocycles. The molecule has 1 saturated carbocycles. The van der Waals surface area contributed by atoms with Crippen LogP contribution < -0.4 is 5.32 Å². The van der Waals surface area contributed by atoms with Crippen LogP contribution >= 0.6 is 0 Å². The van der Waals surface area contributed by atoms with Crippen LogP contribution in [0.15, 0.2) is 30.5 Å². The maximum Gasteiger partial charge on any atom is 0.225 e.